The Bertz CT molecular complexity index is 2350. The topological polar surface area (TPSA) is 6.48 Å². The van der Waals surface area contributed by atoms with Crippen LogP contribution in [-0.4, -0.2) is 14.8 Å². The first-order valence-electron chi connectivity index (χ1n) is 16.9. The lowest BCUT2D eigenvalue weighted by Gasteiger charge is -2.50. The minimum Gasteiger partial charge on any atom is -0.312 e. The average Bonchev–Trinajstić information content (AvgIpc) is 3.13. The molecule has 0 bridgehead atoms. The monoisotopic (exact) mass is 628 g/mol. The normalized spacial score (nSPS) is 14.5. The molecule has 4 heteroatoms. The van der Waals surface area contributed by atoms with Gasteiger partial charge in [-0.2, -0.15) is 0 Å². The van der Waals surface area contributed by atoms with Crippen molar-refractivity contribution in [1.29, 1.82) is 0 Å². The smallest absolute Gasteiger partial charge is 0.252 e. The second-order valence-electron chi connectivity index (χ2n) is 13.5. The molecule has 226 valence electrons. The van der Waals surface area contributed by atoms with Crippen LogP contribution in [0.2, 0.25) is 0 Å². The highest BCUT2D eigenvalue weighted by molar-refractivity contribution is 7.22. The number of benzene rings is 7. The van der Waals surface area contributed by atoms with Crippen LogP contribution in [0, 0.1) is 13.8 Å². The third-order valence-electron chi connectivity index (χ3n) is 10.8. The summed E-state index contributed by atoms with van der Waals surface area (Å²) in [6.07, 6.45) is 0. The van der Waals surface area contributed by atoms with Crippen molar-refractivity contribution in [2.45, 2.75) is 13.8 Å². The molecule has 0 radical (unpaired) electrons. The number of nitrogens with zero attached hydrogens (tertiary/aromatic N) is 2. The van der Waals surface area contributed by atoms with Gasteiger partial charge in [0.2, 0.25) is 0 Å². The summed E-state index contributed by atoms with van der Waals surface area (Å²) in [5.74, 6) is 0. The molecule has 0 unspecified atom stereocenters. The van der Waals surface area contributed by atoms with Gasteiger partial charge in [-0.05, 0) is 98.5 Å². The van der Waals surface area contributed by atoms with Gasteiger partial charge in [0.05, 0.1) is 0 Å². The summed E-state index contributed by atoms with van der Waals surface area (Å²) in [4.78, 5) is 5.13. The first-order valence-corrected chi connectivity index (χ1v) is 18.9. The van der Waals surface area contributed by atoms with Crippen LogP contribution in [0.4, 0.5) is 34.1 Å². The number of fused-ring (bicyclic) bond motifs is 6. The number of hydrogen-bond donors (Lipinski definition) is 0. The Morgan fingerprint density at radius 1 is 0.438 bits per heavy atom. The van der Waals surface area contributed by atoms with E-state index in [9.17, 15) is 0 Å². The van der Waals surface area contributed by atoms with Crippen molar-refractivity contribution in [2.24, 2.45) is 0 Å². The third kappa shape index (κ3) is 3.58. The van der Waals surface area contributed by atoms with Gasteiger partial charge in [0, 0.05) is 34.1 Å². The minimum atomic E-state index is -2.72. The highest BCUT2D eigenvalue weighted by atomic mass is 28.3. The quantitative estimate of drug-likeness (QED) is 0.219. The predicted molar refractivity (Wildman–Crippen MR) is 207 cm³/mol. The van der Waals surface area contributed by atoms with Gasteiger partial charge in [0.25, 0.3) is 6.71 Å². The van der Waals surface area contributed by atoms with E-state index in [4.69, 9.17) is 0 Å². The Balaban J connectivity index is 1.37. The van der Waals surface area contributed by atoms with Crippen LogP contribution in [0.5, 0.6) is 0 Å². The van der Waals surface area contributed by atoms with Crippen molar-refractivity contribution in [3.05, 3.63) is 175 Å². The van der Waals surface area contributed by atoms with Crippen molar-refractivity contribution in [2.75, 3.05) is 9.80 Å². The Labute approximate surface area is 283 Å². The minimum absolute atomic E-state index is 0.112. The Kier molecular flexibility index (Phi) is 5.85. The van der Waals surface area contributed by atoms with Crippen molar-refractivity contribution in [1.82, 2.24) is 0 Å². The van der Waals surface area contributed by atoms with Crippen molar-refractivity contribution in [3.63, 3.8) is 0 Å². The van der Waals surface area contributed by atoms with E-state index in [-0.39, 0.29) is 6.71 Å². The molecule has 10 rings (SSSR count). The Hall–Kier alpha value is -5.58. The van der Waals surface area contributed by atoms with Crippen molar-refractivity contribution >= 4 is 86.0 Å². The summed E-state index contributed by atoms with van der Waals surface area (Å²) in [5.41, 5.74) is 14.3. The molecule has 3 aliphatic heterocycles. The highest BCUT2D eigenvalue weighted by Gasteiger charge is 2.53. The number of para-hydroxylation sites is 3. The predicted octanol–water partition coefficient (Wildman–Crippen LogP) is 6.08. The van der Waals surface area contributed by atoms with E-state index in [0.29, 0.717) is 0 Å². The third-order valence-corrected chi connectivity index (χ3v) is 15.6. The fourth-order valence-corrected chi connectivity index (χ4v) is 14.1. The van der Waals surface area contributed by atoms with Crippen molar-refractivity contribution < 1.29 is 0 Å². The van der Waals surface area contributed by atoms with Crippen molar-refractivity contribution in [3.8, 4) is 0 Å². The van der Waals surface area contributed by atoms with Crippen LogP contribution in [0.3, 0.4) is 0 Å². The van der Waals surface area contributed by atoms with Gasteiger partial charge in [-0.1, -0.05) is 127 Å². The van der Waals surface area contributed by atoms with Gasteiger partial charge in [0.15, 0.2) is 8.07 Å². The molecule has 48 heavy (non-hydrogen) atoms. The zero-order valence-corrected chi connectivity index (χ0v) is 28.1. The molecule has 2 nitrogen and oxygen atoms in total. The molecule has 0 saturated heterocycles. The fraction of sp³-hybridized carbons (Fsp3) is 0.0455. The first kappa shape index (κ1) is 27.5. The van der Waals surface area contributed by atoms with E-state index >= 15 is 0 Å². The summed E-state index contributed by atoms with van der Waals surface area (Å²) in [7, 11) is -2.72. The lowest BCUT2D eigenvalue weighted by Crippen LogP contribution is -2.79. The number of hydrogen-bond acceptors (Lipinski definition) is 2. The maximum absolute atomic E-state index is 2.72. The molecule has 0 amide bonds. The molecule has 0 spiro atoms. The maximum Gasteiger partial charge on any atom is 0.252 e. The zero-order valence-electron chi connectivity index (χ0n) is 27.1. The van der Waals surface area contributed by atoms with E-state index in [1.165, 1.54) is 82.4 Å². The summed E-state index contributed by atoms with van der Waals surface area (Å²) in [5, 5.41) is 5.74. The fourth-order valence-electron chi connectivity index (χ4n) is 8.99. The van der Waals surface area contributed by atoms with Gasteiger partial charge in [-0.25, -0.2) is 0 Å². The summed E-state index contributed by atoms with van der Waals surface area (Å²) in [6, 6.07) is 62.0. The van der Waals surface area contributed by atoms with Crippen LogP contribution >= 0.6 is 0 Å². The van der Waals surface area contributed by atoms with Crippen LogP contribution in [0.25, 0.3) is 0 Å². The van der Waals surface area contributed by atoms with Gasteiger partial charge >= 0.3 is 0 Å². The highest BCUT2D eigenvalue weighted by Crippen LogP contribution is 2.45. The first-order chi connectivity index (χ1) is 23.7. The molecule has 0 saturated carbocycles. The average molecular weight is 629 g/mol. The van der Waals surface area contributed by atoms with Crippen LogP contribution in [0.15, 0.2) is 164 Å². The molecule has 0 N–H and O–H groups in total. The number of rotatable bonds is 3. The molecule has 0 aromatic heterocycles. The molecule has 3 aliphatic rings. The van der Waals surface area contributed by atoms with Crippen LogP contribution in [-0.2, 0) is 0 Å². The maximum atomic E-state index is 2.63. The number of aryl methyl sites for hydroxylation is 2. The zero-order chi connectivity index (χ0) is 32.0. The lowest BCUT2D eigenvalue weighted by molar-refractivity contribution is 1.24. The van der Waals surface area contributed by atoms with E-state index in [1.54, 1.807) is 0 Å². The van der Waals surface area contributed by atoms with Crippen LogP contribution in [0.1, 0.15) is 11.1 Å². The lowest BCUT2D eigenvalue weighted by atomic mass is 9.33. The second kappa shape index (κ2) is 10.2. The van der Waals surface area contributed by atoms with E-state index in [2.05, 4.69) is 187 Å². The molecule has 7 aromatic carbocycles. The molecule has 0 aliphatic carbocycles. The molecule has 3 heterocycles. The summed E-state index contributed by atoms with van der Waals surface area (Å²) >= 11 is 0. The Morgan fingerprint density at radius 2 is 1.02 bits per heavy atom. The standard InChI is InChI=1S/C44H33BN2Si/c1-30-25-26-35-38(27-30)46(32-15-6-3-7-16-32)39-28-31(2)29-40-43(39)45(35)36-21-14-24-42-44(36)47(40)37-22-12-13-23-41(37)48(42,33-17-8-4-9-18-33)34-19-10-5-11-20-34/h3-29H,1-2H3. The van der Waals surface area contributed by atoms with E-state index in [1.807, 2.05) is 0 Å². The van der Waals surface area contributed by atoms with Crippen LogP contribution < -0.4 is 46.9 Å². The molecular weight excluding hydrogens is 595 g/mol. The number of anilines is 6. The van der Waals surface area contributed by atoms with E-state index in [0.717, 1.165) is 0 Å². The SMILES string of the molecule is Cc1ccc2c(c1)N(c1ccccc1)c1cc(C)cc3c1B2c1cccc2c1N3c1ccccc1[Si]2(c1ccccc1)c1ccccc1. The molecule has 0 atom stereocenters. The van der Waals surface area contributed by atoms with Gasteiger partial charge in [0.1, 0.15) is 0 Å². The van der Waals surface area contributed by atoms with Gasteiger partial charge in [-0.15, -0.1) is 0 Å². The second-order valence-corrected chi connectivity index (χ2v) is 17.2. The largest absolute Gasteiger partial charge is 0.312 e. The van der Waals surface area contributed by atoms with E-state index < -0.39 is 8.07 Å². The molecule has 7 aromatic rings. The Morgan fingerprint density at radius 3 is 1.73 bits per heavy atom. The van der Waals surface area contributed by atoms with Gasteiger partial charge in [-0.3, -0.25) is 0 Å². The molecule has 0 fully saturated rings. The van der Waals surface area contributed by atoms with Gasteiger partial charge < -0.3 is 9.80 Å². The summed E-state index contributed by atoms with van der Waals surface area (Å²) < 4.78 is 0. The molecular formula is C44H33BN2Si. The summed E-state index contributed by atoms with van der Waals surface area (Å²) in [6.45, 7) is 4.58.